The lowest BCUT2D eigenvalue weighted by atomic mass is 10.0. The largest absolute Gasteiger partial charge is 0.481 e. The average molecular weight is 278 g/mol. The Morgan fingerprint density at radius 1 is 1.35 bits per heavy atom. The molecule has 1 aliphatic rings. The molecule has 1 aliphatic heterocycles. The molecule has 0 bridgehead atoms. The van der Waals surface area contributed by atoms with Crippen LogP contribution in [0.25, 0.3) is 0 Å². The molecule has 6 nitrogen and oxygen atoms in total. The molecule has 0 saturated carbocycles. The number of rotatable bonds is 4. The van der Waals surface area contributed by atoms with Crippen LogP contribution in [0.3, 0.4) is 0 Å². The first kappa shape index (κ1) is 14.3. The highest BCUT2D eigenvalue weighted by Crippen LogP contribution is 2.16. The normalized spacial score (nSPS) is 21.5. The lowest BCUT2D eigenvalue weighted by Crippen LogP contribution is -2.42. The van der Waals surface area contributed by atoms with E-state index in [-0.39, 0.29) is 19.1 Å². The van der Waals surface area contributed by atoms with Crippen LogP contribution in [-0.4, -0.2) is 50.3 Å². The van der Waals surface area contributed by atoms with Gasteiger partial charge in [-0.1, -0.05) is 6.07 Å². The van der Waals surface area contributed by atoms with Gasteiger partial charge in [0.15, 0.2) is 0 Å². The fourth-order valence-corrected chi connectivity index (χ4v) is 2.12. The van der Waals surface area contributed by atoms with Crippen LogP contribution in [0.2, 0.25) is 0 Å². The molecule has 0 radical (unpaired) electrons. The molecule has 2 atom stereocenters. The molecule has 20 heavy (non-hydrogen) atoms. The predicted molar refractivity (Wildman–Crippen MR) is 74.0 cm³/mol. The molecular weight excluding hydrogens is 260 g/mol. The number of carbonyl (C=O) groups is 2. The summed E-state index contributed by atoms with van der Waals surface area (Å²) in [6, 6.07) is 6.68. The Bertz CT molecular complexity index is 516. The van der Waals surface area contributed by atoms with E-state index in [0.29, 0.717) is 5.56 Å². The number of carboxylic acid groups (broad SMARTS) is 1. The van der Waals surface area contributed by atoms with Crippen LogP contribution in [0.15, 0.2) is 24.3 Å². The van der Waals surface area contributed by atoms with Crippen molar-refractivity contribution >= 4 is 17.6 Å². The molecule has 2 rings (SSSR count). The number of anilines is 1. The van der Waals surface area contributed by atoms with Crippen molar-refractivity contribution in [2.75, 3.05) is 32.2 Å². The molecule has 1 saturated heterocycles. The van der Waals surface area contributed by atoms with Gasteiger partial charge >= 0.3 is 5.97 Å². The van der Waals surface area contributed by atoms with E-state index in [1.54, 1.807) is 18.2 Å². The van der Waals surface area contributed by atoms with Crippen LogP contribution < -0.4 is 10.2 Å². The van der Waals surface area contributed by atoms with E-state index in [4.69, 9.17) is 9.84 Å². The molecule has 1 heterocycles. The van der Waals surface area contributed by atoms with Gasteiger partial charge in [0.25, 0.3) is 5.91 Å². The number of carbonyl (C=O) groups excluding carboxylic acids is 1. The standard InChI is InChI=1S/C14H18N2O4/c1-16(2)10-5-3-4-9(6-10)13(17)15-12-8-20-7-11(12)14(18)19/h3-6,11-12H,7-8H2,1-2H3,(H,15,17)(H,18,19). The summed E-state index contributed by atoms with van der Waals surface area (Å²) in [5.41, 5.74) is 1.42. The summed E-state index contributed by atoms with van der Waals surface area (Å²) in [5.74, 6) is -1.92. The fraction of sp³-hybridized carbons (Fsp3) is 0.429. The van der Waals surface area contributed by atoms with Gasteiger partial charge < -0.3 is 20.1 Å². The van der Waals surface area contributed by atoms with Crippen molar-refractivity contribution in [3.8, 4) is 0 Å². The molecule has 1 aromatic carbocycles. The number of carboxylic acids is 1. The summed E-state index contributed by atoms with van der Waals surface area (Å²) in [6.07, 6.45) is 0. The summed E-state index contributed by atoms with van der Waals surface area (Å²) in [5, 5.41) is 11.8. The molecule has 1 amide bonds. The lowest BCUT2D eigenvalue weighted by Gasteiger charge is -2.17. The molecule has 6 heteroatoms. The highest BCUT2D eigenvalue weighted by Gasteiger charge is 2.35. The number of ether oxygens (including phenoxy) is 1. The van der Waals surface area contributed by atoms with Gasteiger partial charge in [0, 0.05) is 25.3 Å². The summed E-state index contributed by atoms with van der Waals surface area (Å²) >= 11 is 0. The zero-order valence-electron chi connectivity index (χ0n) is 11.5. The molecule has 108 valence electrons. The van der Waals surface area contributed by atoms with Gasteiger partial charge in [-0.05, 0) is 18.2 Å². The SMILES string of the molecule is CN(C)c1cccc(C(=O)NC2COCC2C(=O)O)c1. The average Bonchev–Trinajstić information content (AvgIpc) is 2.87. The Morgan fingerprint density at radius 2 is 2.10 bits per heavy atom. The van der Waals surface area contributed by atoms with Crippen molar-refractivity contribution in [3.05, 3.63) is 29.8 Å². The Balaban J connectivity index is 2.08. The van der Waals surface area contributed by atoms with Crippen LogP contribution >= 0.6 is 0 Å². The van der Waals surface area contributed by atoms with Crippen molar-refractivity contribution in [1.29, 1.82) is 0 Å². The van der Waals surface area contributed by atoms with Crippen LogP contribution in [0, 0.1) is 5.92 Å². The van der Waals surface area contributed by atoms with Gasteiger partial charge in [-0.3, -0.25) is 9.59 Å². The van der Waals surface area contributed by atoms with Crippen molar-refractivity contribution in [2.45, 2.75) is 6.04 Å². The van der Waals surface area contributed by atoms with E-state index in [1.807, 2.05) is 25.1 Å². The van der Waals surface area contributed by atoms with Crippen molar-refractivity contribution < 1.29 is 19.4 Å². The zero-order valence-corrected chi connectivity index (χ0v) is 11.5. The van der Waals surface area contributed by atoms with Gasteiger partial charge in [-0.15, -0.1) is 0 Å². The molecule has 2 unspecified atom stereocenters. The van der Waals surface area contributed by atoms with E-state index in [0.717, 1.165) is 5.69 Å². The first-order valence-electron chi connectivity index (χ1n) is 6.38. The summed E-state index contributed by atoms with van der Waals surface area (Å²) in [4.78, 5) is 25.1. The van der Waals surface area contributed by atoms with E-state index in [2.05, 4.69) is 5.32 Å². The topological polar surface area (TPSA) is 78.9 Å². The molecule has 1 aromatic rings. The Morgan fingerprint density at radius 3 is 2.75 bits per heavy atom. The predicted octanol–water partition coefficient (Wildman–Crippen LogP) is 0.582. The highest BCUT2D eigenvalue weighted by atomic mass is 16.5. The maximum atomic E-state index is 12.2. The van der Waals surface area contributed by atoms with Gasteiger partial charge in [-0.25, -0.2) is 0 Å². The summed E-state index contributed by atoms with van der Waals surface area (Å²) < 4.78 is 5.13. The van der Waals surface area contributed by atoms with Crippen LogP contribution in [0.5, 0.6) is 0 Å². The number of benzene rings is 1. The van der Waals surface area contributed by atoms with Gasteiger partial charge in [0.2, 0.25) is 0 Å². The number of amides is 1. The summed E-state index contributed by atoms with van der Waals surface area (Å²) in [6.45, 7) is 0.369. The number of hydrogen-bond acceptors (Lipinski definition) is 4. The van der Waals surface area contributed by atoms with E-state index < -0.39 is 17.9 Å². The van der Waals surface area contributed by atoms with Crippen LogP contribution in [-0.2, 0) is 9.53 Å². The number of aliphatic carboxylic acids is 1. The third kappa shape index (κ3) is 3.08. The fourth-order valence-electron chi connectivity index (χ4n) is 2.12. The first-order valence-corrected chi connectivity index (χ1v) is 6.38. The Hall–Kier alpha value is -2.08. The van der Waals surface area contributed by atoms with E-state index in [9.17, 15) is 9.59 Å². The van der Waals surface area contributed by atoms with Gasteiger partial charge in [0.05, 0.1) is 19.3 Å². The number of hydrogen-bond donors (Lipinski definition) is 2. The number of nitrogens with one attached hydrogen (secondary N) is 1. The molecule has 2 N–H and O–H groups in total. The lowest BCUT2D eigenvalue weighted by molar-refractivity contribution is -0.142. The van der Waals surface area contributed by atoms with E-state index >= 15 is 0 Å². The third-order valence-corrected chi connectivity index (χ3v) is 3.34. The minimum Gasteiger partial charge on any atom is -0.481 e. The second kappa shape index (κ2) is 5.92. The second-order valence-electron chi connectivity index (χ2n) is 5.01. The van der Waals surface area contributed by atoms with Gasteiger partial charge in [0.1, 0.15) is 5.92 Å². The minimum atomic E-state index is -0.949. The summed E-state index contributed by atoms with van der Waals surface area (Å²) in [7, 11) is 3.78. The smallest absolute Gasteiger partial charge is 0.311 e. The molecule has 0 spiro atoms. The molecule has 1 fully saturated rings. The Kier molecular flexibility index (Phi) is 4.24. The molecular formula is C14H18N2O4. The monoisotopic (exact) mass is 278 g/mol. The molecule has 0 aliphatic carbocycles. The van der Waals surface area contributed by atoms with E-state index in [1.165, 1.54) is 0 Å². The molecule has 0 aromatic heterocycles. The quantitative estimate of drug-likeness (QED) is 0.842. The second-order valence-corrected chi connectivity index (χ2v) is 5.01. The minimum absolute atomic E-state index is 0.137. The van der Waals surface area contributed by atoms with Crippen molar-refractivity contribution in [1.82, 2.24) is 5.32 Å². The van der Waals surface area contributed by atoms with Crippen molar-refractivity contribution in [2.24, 2.45) is 5.92 Å². The number of nitrogens with zero attached hydrogens (tertiary/aromatic N) is 1. The maximum absolute atomic E-state index is 12.2. The first-order chi connectivity index (χ1) is 9.49. The zero-order chi connectivity index (χ0) is 14.7. The maximum Gasteiger partial charge on any atom is 0.311 e. The van der Waals surface area contributed by atoms with Crippen LogP contribution in [0.4, 0.5) is 5.69 Å². The van der Waals surface area contributed by atoms with Crippen LogP contribution in [0.1, 0.15) is 10.4 Å². The Labute approximate surface area is 117 Å². The highest BCUT2D eigenvalue weighted by molar-refractivity contribution is 5.95. The van der Waals surface area contributed by atoms with Gasteiger partial charge in [-0.2, -0.15) is 0 Å². The third-order valence-electron chi connectivity index (χ3n) is 3.34. The van der Waals surface area contributed by atoms with Crippen molar-refractivity contribution in [3.63, 3.8) is 0 Å².